The first-order valence-electron chi connectivity index (χ1n) is 8.28. The van der Waals surface area contributed by atoms with E-state index in [4.69, 9.17) is 0 Å². The maximum absolute atomic E-state index is 12.6. The molecule has 2 aliphatic carbocycles. The van der Waals surface area contributed by atoms with Gasteiger partial charge in [0, 0.05) is 22.1 Å². The van der Waals surface area contributed by atoms with Gasteiger partial charge in [-0.1, -0.05) is 24.5 Å². The number of aliphatic hydroxyl groups excluding tert-OH is 1. The number of benzene rings is 1. The van der Waals surface area contributed by atoms with Crippen LogP contribution in [-0.2, 0) is 0 Å². The van der Waals surface area contributed by atoms with Crippen LogP contribution in [0.1, 0.15) is 54.4 Å². The Balaban J connectivity index is 1.69. The highest BCUT2D eigenvalue weighted by Gasteiger charge is 2.42. The minimum absolute atomic E-state index is 0.00363. The van der Waals surface area contributed by atoms with E-state index in [0.29, 0.717) is 11.8 Å². The molecule has 3 rings (SSSR count). The Hall–Kier alpha value is -1.00. The van der Waals surface area contributed by atoms with E-state index in [1.165, 1.54) is 25.7 Å². The minimum atomic E-state index is -0.0434. The predicted octanol–water partition coefficient (Wildman–Crippen LogP) is 3.53. The summed E-state index contributed by atoms with van der Waals surface area (Å²) in [6.07, 6.45) is 7.16. The van der Waals surface area contributed by atoms with Gasteiger partial charge in [-0.2, -0.15) is 0 Å². The summed E-state index contributed by atoms with van der Waals surface area (Å²) in [5.41, 5.74) is 1.87. The molecule has 0 bridgehead atoms. The van der Waals surface area contributed by atoms with Crippen molar-refractivity contribution < 1.29 is 9.90 Å². The van der Waals surface area contributed by atoms with E-state index in [-0.39, 0.29) is 17.9 Å². The SMILES string of the molecule is Cc1ccc(SC2CCCC2)c(C(=O)NCC2(CO)CC2)c1. The summed E-state index contributed by atoms with van der Waals surface area (Å²) in [7, 11) is 0. The molecule has 0 heterocycles. The van der Waals surface area contributed by atoms with Crippen LogP contribution in [0, 0.1) is 12.3 Å². The molecule has 22 heavy (non-hydrogen) atoms. The maximum atomic E-state index is 12.6. The van der Waals surface area contributed by atoms with Crippen molar-refractivity contribution in [2.24, 2.45) is 5.41 Å². The summed E-state index contributed by atoms with van der Waals surface area (Å²) in [4.78, 5) is 13.7. The van der Waals surface area contributed by atoms with Gasteiger partial charge < -0.3 is 10.4 Å². The second kappa shape index (κ2) is 6.63. The molecular formula is C18H25NO2S. The summed E-state index contributed by atoms with van der Waals surface area (Å²) in [5, 5.41) is 13.1. The number of amides is 1. The molecule has 2 aliphatic rings. The van der Waals surface area contributed by atoms with Crippen LogP contribution in [0.15, 0.2) is 23.1 Å². The van der Waals surface area contributed by atoms with Crippen molar-refractivity contribution in [3.8, 4) is 0 Å². The highest BCUT2D eigenvalue weighted by molar-refractivity contribution is 8.00. The van der Waals surface area contributed by atoms with Crippen LogP contribution in [0.2, 0.25) is 0 Å². The Labute approximate surface area is 136 Å². The van der Waals surface area contributed by atoms with Crippen molar-refractivity contribution in [2.75, 3.05) is 13.2 Å². The lowest BCUT2D eigenvalue weighted by Crippen LogP contribution is -2.32. The van der Waals surface area contributed by atoms with Crippen molar-refractivity contribution in [3.05, 3.63) is 29.3 Å². The molecule has 120 valence electrons. The van der Waals surface area contributed by atoms with Gasteiger partial charge in [-0.15, -0.1) is 11.8 Å². The number of carbonyl (C=O) groups excluding carboxylic acids is 1. The molecule has 4 heteroatoms. The molecule has 0 spiro atoms. The molecule has 2 saturated carbocycles. The van der Waals surface area contributed by atoms with Crippen LogP contribution in [0.3, 0.4) is 0 Å². The Bertz CT molecular complexity index is 548. The van der Waals surface area contributed by atoms with E-state index < -0.39 is 0 Å². The first kappa shape index (κ1) is 15.9. The summed E-state index contributed by atoms with van der Waals surface area (Å²) >= 11 is 1.86. The van der Waals surface area contributed by atoms with E-state index in [1.54, 1.807) is 0 Å². The lowest BCUT2D eigenvalue weighted by atomic mass is 10.1. The molecule has 1 aromatic rings. The fourth-order valence-corrected chi connectivity index (χ4v) is 4.39. The van der Waals surface area contributed by atoms with Crippen molar-refractivity contribution in [3.63, 3.8) is 0 Å². The molecule has 2 N–H and O–H groups in total. The number of hydrogen-bond acceptors (Lipinski definition) is 3. The molecule has 0 aliphatic heterocycles. The van der Waals surface area contributed by atoms with Gasteiger partial charge in [-0.3, -0.25) is 4.79 Å². The molecule has 2 fully saturated rings. The first-order chi connectivity index (χ1) is 10.6. The molecule has 1 amide bonds. The van der Waals surface area contributed by atoms with Crippen LogP contribution in [0.25, 0.3) is 0 Å². The Kier molecular flexibility index (Phi) is 4.79. The van der Waals surface area contributed by atoms with Gasteiger partial charge in [0.15, 0.2) is 0 Å². The highest BCUT2D eigenvalue weighted by Crippen LogP contribution is 2.44. The zero-order valence-electron chi connectivity index (χ0n) is 13.2. The average Bonchev–Trinajstić information content (AvgIpc) is 3.14. The van der Waals surface area contributed by atoms with Crippen LogP contribution < -0.4 is 5.32 Å². The zero-order valence-corrected chi connectivity index (χ0v) is 14.0. The third-order valence-electron chi connectivity index (χ3n) is 4.89. The lowest BCUT2D eigenvalue weighted by molar-refractivity contribution is 0.0932. The Morgan fingerprint density at radius 3 is 2.73 bits per heavy atom. The number of hydrogen-bond donors (Lipinski definition) is 2. The molecule has 0 saturated heterocycles. The van der Waals surface area contributed by atoms with Crippen molar-refractivity contribution >= 4 is 17.7 Å². The minimum Gasteiger partial charge on any atom is -0.396 e. The number of aliphatic hydroxyl groups is 1. The number of aryl methyl sites for hydroxylation is 1. The summed E-state index contributed by atoms with van der Waals surface area (Å²) in [5.74, 6) is 0.00363. The van der Waals surface area contributed by atoms with Crippen LogP contribution in [0.5, 0.6) is 0 Å². The molecule has 0 radical (unpaired) electrons. The van der Waals surface area contributed by atoms with Gasteiger partial charge in [0.25, 0.3) is 5.91 Å². The van der Waals surface area contributed by atoms with Gasteiger partial charge in [0.2, 0.25) is 0 Å². The third-order valence-corrected chi connectivity index (χ3v) is 6.31. The summed E-state index contributed by atoms with van der Waals surface area (Å²) in [6.45, 7) is 2.78. The molecule has 3 nitrogen and oxygen atoms in total. The van der Waals surface area contributed by atoms with Gasteiger partial charge in [-0.05, 0) is 44.7 Å². The molecule has 1 aromatic carbocycles. The van der Waals surface area contributed by atoms with E-state index in [1.807, 2.05) is 24.8 Å². The predicted molar refractivity (Wildman–Crippen MR) is 90.4 cm³/mol. The normalized spacial score (nSPS) is 20.1. The Morgan fingerprint density at radius 2 is 2.09 bits per heavy atom. The standard InChI is InChI=1S/C18H25NO2S/c1-13-6-7-16(22-14-4-2-3-5-14)15(10-13)17(21)19-11-18(12-20)8-9-18/h6-7,10,14,20H,2-5,8-9,11-12H2,1H3,(H,19,21). The largest absolute Gasteiger partial charge is 0.396 e. The topological polar surface area (TPSA) is 49.3 Å². The first-order valence-corrected chi connectivity index (χ1v) is 9.16. The summed E-state index contributed by atoms with van der Waals surface area (Å²) in [6, 6.07) is 6.17. The quantitative estimate of drug-likeness (QED) is 0.843. The third kappa shape index (κ3) is 3.66. The second-order valence-corrected chi connectivity index (χ2v) is 8.21. The van der Waals surface area contributed by atoms with E-state index in [2.05, 4.69) is 17.4 Å². The van der Waals surface area contributed by atoms with Gasteiger partial charge in [0.05, 0.1) is 12.2 Å². The monoisotopic (exact) mass is 319 g/mol. The average molecular weight is 319 g/mol. The van der Waals surface area contributed by atoms with E-state index in [0.717, 1.165) is 28.9 Å². The van der Waals surface area contributed by atoms with Crippen LogP contribution in [0.4, 0.5) is 0 Å². The van der Waals surface area contributed by atoms with Crippen molar-refractivity contribution in [2.45, 2.75) is 55.6 Å². The zero-order chi connectivity index (χ0) is 15.6. The van der Waals surface area contributed by atoms with Gasteiger partial charge >= 0.3 is 0 Å². The number of rotatable bonds is 6. The number of nitrogens with one attached hydrogen (secondary N) is 1. The molecular weight excluding hydrogens is 294 g/mol. The Morgan fingerprint density at radius 1 is 1.36 bits per heavy atom. The highest BCUT2D eigenvalue weighted by atomic mass is 32.2. The fraction of sp³-hybridized carbons (Fsp3) is 0.611. The maximum Gasteiger partial charge on any atom is 0.252 e. The van der Waals surface area contributed by atoms with Crippen LogP contribution in [-0.4, -0.2) is 29.4 Å². The molecule has 0 aromatic heterocycles. The van der Waals surface area contributed by atoms with Gasteiger partial charge in [0.1, 0.15) is 0 Å². The summed E-state index contributed by atoms with van der Waals surface area (Å²) < 4.78 is 0. The molecule has 0 unspecified atom stereocenters. The number of carbonyl (C=O) groups is 1. The lowest BCUT2D eigenvalue weighted by Gasteiger charge is -2.16. The van der Waals surface area contributed by atoms with Crippen LogP contribution >= 0.6 is 11.8 Å². The number of thioether (sulfide) groups is 1. The second-order valence-electron chi connectivity index (χ2n) is 6.86. The smallest absolute Gasteiger partial charge is 0.252 e. The molecule has 0 atom stereocenters. The van der Waals surface area contributed by atoms with E-state index in [9.17, 15) is 9.90 Å². The van der Waals surface area contributed by atoms with Gasteiger partial charge in [-0.25, -0.2) is 0 Å². The van der Waals surface area contributed by atoms with E-state index >= 15 is 0 Å². The van der Waals surface area contributed by atoms with Crippen molar-refractivity contribution in [1.82, 2.24) is 5.32 Å². The van der Waals surface area contributed by atoms with Crippen molar-refractivity contribution in [1.29, 1.82) is 0 Å². The fourth-order valence-electron chi connectivity index (χ4n) is 3.04.